The standard InChI is InChI=1S/C17H22N4O4/c1-12-3-4-15(13(2)9-12)16(22)20-7-6-19(17(20)18-21(23)24)10-14-5-8-25-11-14/h3-4,9,14H,5-8,10-11H2,1-2H3. The maximum Gasteiger partial charge on any atom is 0.281 e. The minimum atomic E-state index is -0.735. The highest BCUT2D eigenvalue weighted by Gasteiger charge is 2.36. The van der Waals surface area contributed by atoms with Crippen LogP contribution in [0.1, 0.15) is 27.9 Å². The van der Waals surface area contributed by atoms with Gasteiger partial charge in [0.15, 0.2) is 5.03 Å². The van der Waals surface area contributed by atoms with Crippen molar-refractivity contribution >= 4 is 11.9 Å². The third-order valence-corrected chi connectivity index (χ3v) is 4.65. The molecule has 0 bridgehead atoms. The van der Waals surface area contributed by atoms with Crippen molar-refractivity contribution in [2.24, 2.45) is 11.0 Å². The van der Waals surface area contributed by atoms with E-state index in [2.05, 4.69) is 5.10 Å². The Morgan fingerprint density at radius 2 is 2.20 bits per heavy atom. The Kier molecular flexibility index (Phi) is 4.98. The molecule has 1 aromatic rings. The van der Waals surface area contributed by atoms with E-state index in [4.69, 9.17) is 4.74 Å². The van der Waals surface area contributed by atoms with E-state index in [1.807, 2.05) is 30.9 Å². The molecule has 1 unspecified atom stereocenters. The molecule has 2 fully saturated rings. The average Bonchev–Trinajstić information content (AvgIpc) is 3.18. The number of aryl methyl sites for hydroxylation is 2. The first-order valence-electron chi connectivity index (χ1n) is 8.40. The number of ether oxygens (including phenoxy) is 1. The topological polar surface area (TPSA) is 88.3 Å². The van der Waals surface area contributed by atoms with Gasteiger partial charge in [0.25, 0.3) is 11.9 Å². The molecule has 1 amide bonds. The number of hydrogen-bond donors (Lipinski definition) is 0. The summed E-state index contributed by atoms with van der Waals surface area (Å²) < 4.78 is 5.37. The van der Waals surface area contributed by atoms with Crippen molar-refractivity contribution in [2.75, 3.05) is 32.8 Å². The second-order valence-electron chi connectivity index (χ2n) is 6.59. The fourth-order valence-corrected chi connectivity index (χ4v) is 3.38. The molecule has 3 rings (SSSR count). The van der Waals surface area contributed by atoms with Gasteiger partial charge in [-0.2, -0.15) is 0 Å². The molecule has 0 aliphatic carbocycles. The Morgan fingerprint density at radius 1 is 1.40 bits per heavy atom. The summed E-state index contributed by atoms with van der Waals surface area (Å²) in [6, 6.07) is 5.57. The number of carbonyl (C=O) groups excluding carboxylic acids is 1. The van der Waals surface area contributed by atoms with Crippen molar-refractivity contribution in [2.45, 2.75) is 20.3 Å². The zero-order valence-corrected chi connectivity index (χ0v) is 14.5. The lowest BCUT2D eigenvalue weighted by Gasteiger charge is -2.22. The summed E-state index contributed by atoms with van der Waals surface area (Å²) in [6.07, 6.45) is 0.924. The molecule has 2 aliphatic rings. The Balaban J connectivity index is 1.84. The van der Waals surface area contributed by atoms with Gasteiger partial charge in [0.1, 0.15) is 5.10 Å². The quantitative estimate of drug-likeness (QED) is 0.611. The van der Waals surface area contributed by atoms with E-state index >= 15 is 0 Å². The summed E-state index contributed by atoms with van der Waals surface area (Å²) in [7, 11) is 0. The van der Waals surface area contributed by atoms with Crippen LogP contribution in [0.5, 0.6) is 0 Å². The Labute approximate surface area is 146 Å². The molecule has 0 N–H and O–H groups in total. The number of carbonyl (C=O) groups is 1. The van der Waals surface area contributed by atoms with Crippen LogP contribution in [0.2, 0.25) is 0 Å². The minimum Gasteiger partial charge on any atom is -0.381 e. The molecule has 0 spiro atoms. The largest absolute Gasteiger partial charge is 0.381 e. The normalized spacial score (nSPS) is 22.0. The van der Waals surface area contributed by atoms with Crippen LogP contribution in [0.25, 0.3) is 0 Å². The molecule has 25 heavy (non-hydrogen) atoms. The van der Waals surface area contributed by atoms with E-state index in [9.17, 15) is 14.9 Å². The maximum atomic E-state index is 12.9. The molecular formula is C17H22N4O4. The third kappa shape index (κ3) is 3.79. The minimum absolute atomic E-state index is 0.127. The Hall–Kier alpha value is -2.48. The van der Waals surface area contributed by atoms with Crippen LogP contribution < -0.4 is 0 Å². The van der Waals surface area contributed by atoms with Gasteiger partial charge in [-0.05, 0) is 31.9 Å². The number of hydrazone groups is 1. The predicted octanol–water partition coefficient (Wildman–Crippen LogP) is 1.65. The molecule has 8 nitrogen and oxygen atoms in total. The molecule has 0 aromatic heterocycles. The summed E-state index contributed by atoms with van der Waals surface area (Å²) in [5.74, 6) is 0.193. The van der Waals surface area contributed by atoms with Crippen LogP contribution in [0.4, 0.5) is 0 Å². The molecule has 1 atom stereocenters. The number of guanidine groups is 1. The van der Waals surface area contributed by atoms with Gasteiger partial charge >= 0.3 is 0 Å². The number of benzene rings is 1. The zero-order valence-electron chi connectivity index (χ0n) is 14.5. The van der Waals surface area contributed by atoms with E-state index < -0.39 is 5.03 Å². The van der Waals surface area contributed by atoms with Gasteiger partial charge in [-0.25, -0.2) is 10.1 Å². The molecule has 2 heterocycles. The number of hydrogen-bond acceptors (Lipinski definition) is 4. The fraction of sp³-hybridized carbons (Fsp3) is 0.529. The molecule has 0 radical (unpaired) electrons. The number of nitro groups is 1. The van der Waals surface area contributed by atoms with Crippen LogP contribution in [0, 0.1) is 29.9 Å². The van der Waals surface area contributed by atoms with Gasteiger partial charge in [-0.3, -0.25) is 9.69 Å². The van der Waals surface area contributed by atoms with Crippen molar-refractivity contribution in [3.63, 3.8) is 0 Å². The summed E-state index contributed by atoms with van der Waals surface area (Å²) in [4.78, 5) is 27.1. The van der Waals surface area contributed by atoms with Gasteiger partial charge in [-0.1, -0.05) is 17.7 Å². The van der Waals surface area contributed by atoms with Crippen LogP contribution in [-0.2, 0) is 4.74 Å². The Morgan fingerprint density at radius 3 is 2.84 bits per heavy atom. The SMILES string of the molecule is Cc1ccc(C(=O)N2CCN(CC3CCOC3)C2=N[N+](=O)[O-])c(C)c1. The fourth-order valence-electron chi connectivity index (χ4n) is 3.38. The van der Waals surface area contributed by atoms with Crippen LogP contribution in [0.15, 0.2) is 23.3 Å². The lowest BCUT2D eigenvalue weighted by Crippen LogP contribution is -2.40. The molecule has 2 aliphatic heterocycles. The zero-order chi connectivity index (χ0) is 18.0. The second-order valence-corrected chi connectivity index (χ2v) is 6.59. The van der Waals surface area contributed by atoms with E-state index in [0.717, 1.165) is 17.5 Å². The third-order valence-electron chi connectivity index (χ3n) is 4.65. The van der Waals surface area contributed by atoms with Crippen LogP contribution >= 0.6 is 0 Å². The Bertz CT molecular complexity index is 713. The van der Waals surface area contributed by atoms with Crippen molar-refractivity contribution in [3.8, 4) is 0 Å². The second kappa shape index (κ2) is 7.18. The van der Waals surface area contributed by atoms with Crippen LogP contribution in [-0.4, -0.2) is 59.5 Å². The lowest BCUT2D eigenvalue weighted by molar-refractivity contribution is -0.486. The first-order valence-corrected chi connectivity index (χ1v) is 8.40. The van der Waals surface area contributed by atoms with Gasteiger partial charge in [0.2, 0.25) is 0 Å². The number of nitrogens with zero attached hydrogens (tertiary/aromatic N) is 4. The van der Waals surface area contributed by atoms with Gasteiger partial charge < -0.3 is 9.64 Å². The molecule has 2 saturated heterocycles. The molecule has 1 aromatic carbocycles. The molecular weight excluding hydrogens is 324 g/mol. The van der Waals surface area contributed by atoms with Crippen molar-refractivity contribution in [1.82, 2.24) is 9.80 Å². The average molecular weight is 346 g/mol. The number of amides is 1. The summed E-state index contributed by atoms with van der Waals surface area (Å²) in [5.41, 5.74) is 2.47. The molecule has 0 saturated carbocycles. The summed E-state index contributed by atoms with van der Waals surface area (Å²) >= 11 is 0. The highest BCUT2D eigenvalue weighted by Crippen LogP contribution is 2.21. The van der Waals surface area contributed by atoms with E-state index in [-0.39, 0.29) is 11.9 Å². The van der Waals surface area contributed by atoms with Gasteiger partial charge in [-0.15, -0.1) is 0 Å². The van der Waals surface area contributed by atoms with Crippen molar-refractivity contribution < 1.29 is 14.6 Å². The predicted molar refractivity (Wildman–Crippen MR) is 91.9 cm³/mol. The monoisotopic (exact) mass is 346 g/mol. The lowest BCUT2D eigenvalue weighted by atomic mass is 10.0. The first kappa shape index (κ1) is 17.3. The van der Waals surface area contributed by atoms with Crippen molar-refractivity contribution in [1.29, 1.82) is 0 Å². The first-order chi connectivity index (χ1) is 12.0. The van der Waals surface area contributed by atoms with Gasteiger partial charge in [0.05, 0.1) is 6.61 Å². The van der Waals surface area contributed by atoms with E-state index in [1.54, 1.807) is 6.07 Å². The number of rotatable bonds is 4. The maximum absolute atomic E-state index is 12.9. The highest BCUT2D eigenvalue weighted by molar-refractivity contribution is 6.07. The molecule has 134 valence electrons. The van der Waals surface area contributed by atoms with E-state index in [0.29, 0.717) is 44.3 Å². The summed E-state index contributed by atoms with van der Waals surface area (Å²) in [6.45, 7) is 6.74. The van der Waals surface area contributed by atoms with Gasteiger partial charge in [0, 0.05) is 37.7 Å². The molecule has 8 heteroatoms. The smallest absolute Gasteiger partial charge is 0.281 e. The van der Waals surface area contributed by atoms with Crippen LogP contribution in [0.3, 0.4) is 0 Å². The van der Waals surface area contributed by atoms with Crippen molar-refractivity contribution in [3.05, 3.63) is 45.0 Å². The highest BCUT2D eigenvalue weighted by atomic mass is 16.7. The summed E-state index contributed by atoms with van der Waals surface area (Å²) in [5, 5.41) is 13.8. The van der Waals surface area contributed by atoms with E-state index in [1.165, 1.54) is 4.90 Å².